The number of methoxy groups -OCH3 is 3. The molecule has 3 N–H and O–H groups in total. The Kier molecular flexibility index (Phi) is 11.5. The zero-order valence-electron chi connectivity index (χ0n) is 18.6. The summed E-state index contributed by atoms with van der Waals surface area (Å²) in [5.41, 5.74) is 2.93. The van der Waals surface area contributed by atoms with Gasteiger partial charge in [-0.1, -0.05) is 12.1 Å². The third-order valence-corrected chi connectivity index (χ3v) is 4.39. The highest BCUT2D eigenvalue weighted by atomic mass is 127. The predicted octanol–water partition coefficient (Wildman–Crippen LogP) is 3.20. The first kappa shape index (κ1) is 26.3. The van der Waals surface area contributed by atoms with Crippen molar-refractivity contribution in [3.05, 3.63) is 47.5 Å². The molecule has 0 radical (unpaired) electrons. The van der Waals surface area contributed by atoms with Crippen molar-refractivity contribution in [3.8, 4) is 17.2 Å². The number of hydrogen-bond donors (Lipinski definition) is 3. The molecule has 170 valence electrons. The summed E-state index contributed by atoms with van der Waals surface area (Å²) in [7, 11) is 6.50. The molecule has 0 aromatic heterocycles. The van der Waals surface area contributed by atoms with E-state index in [2.05, 4.69) is 20.9 Å². The molecule has 0 bridgehead atoms. The number of amides is 1. The molecule has 0 aliphatic rings. The molecule has 8 nitrogen and oxygen atoms in total. The Morgan fingerprint density at radius 1 is 0.935 bits per heavy atom. The van der Waals surface area contributed by atoms with Crippen LogP contribution in [-0.2, 0) is 17.8 Å². The molecule has 0 spiro atoms. The molecule has 0 saturated carbocycles. The summed E-state index contributed by atoms with van der Waals surface area (Å²) in [5, 5.41) is 9.34. The minimum Gasteiger partial charge on any atom is -0.493 e. The van der Waals surface area contributed by atoms with Gasteiger partial charge < -0.3 is 30.2 Å². The minimum atomic E-state index is -0.0774. The third-order valence-electron chi connectivity index (χ3n) is 4.39. The molecule has 2 aromatic rings. The maximum absolute atomic E-state index is 11.1. The average molecular weight is 542 g/mol. The van der Waals surface area contributed by atoms with Crippen molar-refractivity contribution in [2.45, 2.75) is 19.9 Å². The van der Waals surface area contributed by atoms with Gasteiger partial charge in [0, 0.05) is 32.7 Å². The van der Waals surface area contributed by atoms with Crippen LogP contribution in [0.1, 0.15) is 18.1 Å². The van der Waals surface area contributed by atoms with Crippen molar-refractivity contribution in [2.24, 2.45) is 4.99 Å². The molecule has 0 saturated heterocycles. The van der Waals surface area contributed by atoms with E-state index >= 15 is 0 Å². The van der Waals surface area contributed by atoms with E-state index in [9.17, 15) is 4.79 Å². The Morgan fingerprint density at radius 3 is 2.03 bits per heavy atom. The number of guanidine groups is 1. The number of nitrogens with one attached hydrogen (secondary N) is 3. The van der Waals surface area contributed by atoms with Crippen LogP contribution in [0.15, 0.2) is 41.4 Å². The number of rotatable bonds is 9. The van der Waals surface area contributed by atoms with Gasteiger partial charge in [0.15, 0.2) is 17.5 Å². The summed E-state index contributed by atoms with van der Waals surface area (Å²) in [4.78, 5) is 15.3. The lowest BCUT2D eigenvalue weighted by Crippen LogP contribution is -2.37. The van der Waals surface area contributed by atoms with Crippen molar-refractivity contribution in [1.82, 2.24) is 10.6 Å². The smallest absolute Gasteiger partial charge is 0.221 e. The quantitative estimate of drug-likeness (QED) is 0.256. The van der Waals surface area contributed by atoms with Crippen LogP contribution < -0.4 is 30.2 Å². The van der Waals surface area contributed by atoms with Crippen LogP contribution in [-0.4, -0.2) is 46.8 Å². The second-order valence-electron chi connectivity index (χ2n) is 6.51. The molecule has 0 atom stereocenters. The Morgan fingerprint density at radius 2 is 1.55 bits per heavy atom. The van der Waals surface area contributed by atoms with Crippen LogP contribution in [0.25, 0.3) is 0 Å². The van der Waals surface area contributed by atoms with Crippen molar-refractivity contribution < 1.29 is 19.0 Å². The summed E-state index contributed by atoms with van der Waals surface area (Å²) < 4.78 is 16.1. The first-order valence-electron chi connectivity index (χ1n) is 9.60. The molecule has 0 aliphatic carbocycles. The van der Waals surface area contributed by atoms with Gasteiger partial charge in [-0.15, -0.1) is 24.0 Å². The fourth-order valence-corrected chi connectivity index (χ4v) is 2.93. The molecule has 31 heavy (non-hydrogen) atoms. The normalized spacial score (nSPS) is 10.5. The fourth-order valence-electron chi connectivity index (χ4n) is 2.93. The first-order chi connectivity index (χ1) is 14.5. The average Bonchev–Trinajstić information content (AvgIpc) is 2.75. The van der Waals surface area contributed by atoms with E-state index in [1.165, 1.54) is 6.92 Å². The number of nitrogens with zero attached hydrogens (tertiary/aromatic N) is 1. The maximum Gasteiger partial charge on any atom is 0.221 e. The van der Waals surface area contributed by atoms with E-state index < -0.39 is 0 Å². The van der Waals surface area contributed by atoms with Gasteiger partial charge in [-0.05, 0) is 41.8 Å². The number of benzene rings is 2. The van der Waals surface area contributed by atoms with Gasteiger partial charge in [-0.3, -0.25) is 9.79 Å². The number of carbonyl (C=O) groups excluding carboxylic acids is 1. The fraction of sp³-hybridized carbons (Fsp3) is 0.364. The van der Waals surface area contributed by atoms with Gasteiger partial charge in [0.2, 0.25) is 11.7 Å². The number of halogens is 1. The largest absolute Gasteiger partial charge is 0.493 e. The van der Waals surface area contributed by atoms with Crippen LogP contribution in [0.3, 0.4) is 0 Å². The van der Waals surface area contributed by atoms with Gasteiger partial charge in [0.05, 0.1) is 21.3 Å². The summed E-state index contributed by atoms with van der Waals surface area (Å²) in [6.07, 6.45) is 0.825. The van der Waals surface area contributed by atoms with E-state index in [-0.39, 0.29) is 29.9 Å². The Labute approximate surface area is 200 Å². The van der Waals surface area contributed by atoms with Gasteiger partial charge in [-0.25, -0.2) is 0 Å². The molecular formula is C22H31IN4O4. The number of hydrogen-bond acceptors (Lipinski definition) is 5. The van der Waals surface area contributed by atoms with Crippen molar-refractivity contribution in [1.29, 1.82) is 0 Å². The Balaban J connectivity index is 0.00000480. The lowest BCUT2D eigenvalue weighted by molar-refractivity contribution is -0.114. The number of carbonyl (C=O) groups is 1. The summed E-state index contributed by atoms with van der Waals surface area (Å²) in [6, 6.07) is 11.6. The van der Waals surface area contributed by atoms with Crippen LogP contribution in [0.4, 0.5) is 5.69 Å². The van der Waals surface area contributed by atoms with Crippen molar-refractivity contribution >= 4 is 41.5 Å². The van der Waals surface area contributed by atoms with Gasteiger partial charge in [0.25, 0.3) is 0 Å². The molecule has 0 fully saturated rings. The number of anilines is 1. The molecule has 9 heteroatoms. The molecule has 0 unspecified atom stereocenters. The zero-order chi connectivity index (χ0) is 21.9. The monoisotopic (exact) mass is 542 g/mol. The predicted molar refractivity (Wildman–Crippen MR) is 134 cm³/mol. The highest BCUT2D eigenvalue weighted by molar-refractivity contribution is 14.0. The standard InChI is InChI=1S/C22H30N4O4.HI/c1-15(27)26-18-8-6-16(7-9-18)10-11-24-22(23-2)25-14-17-12-19(28-3)21(30-5)20(13-17)29-4;/h6-9,12-13H,10-11,14H2,1-5H3,(H,26,27)(H2,23,24,25);1H. The second-order valence-corrected chi connectivity index (χ2v) is 6.51. The van der Waals surface area contributed by atoms with Gasteiger partial charge >= 0.3 is 0 Å². The van der Waals surface area contributed by atoms with E-state index in [4.69, 9.17) is 14.2 Å². The van der Waals surface area contributed by atoms with Gasteiger partial charge in [0.1, 0.15) is 0 Å². The minimum absolute atomic E-state index is 0. The molecule has 0 heterocycles. The van der Waals surface area contributed by atoms with E-state index in [0.717, 1.165) is 23.2 Å². The zero-order valence-corrected chi connectivity index (χ0v) is 20.9. The first-order valence-corrected chi connectivity index (χ1v) is 9.60. The van der Waals surface area contributed by atoms with Crippen molar-refractivity contribution in [3.63, 3.8) is 0 Å². The van der Waals surface area contributed by atoms with E-state index in [0.29, 0.717) is 36.3 Å². The van der Waals surface area contributed by atoms with E-state index in [1.807, 2.05) is 36.4 Å². The lowest BCUT2D eigenvalue weighted by atomic mass is 10.1. The van der Waals surface area contributed by atoms with Crippen LogP contribution in [0, 0.1) is 0 Å². The lowest BCUT2D eigenvalue weighted by Gasteiger charge is -2.16. The molecular weight excluding hydrogens is 511 g/mol. The topological polar surface area (TPSA) is 93.2 Å². The highest BCUT2D eigenvalue weighted by Crippen LogP contribution is 2.38. The molecule has 0 aliphatic heterocycles. The maximum atomic E-state index is 11.1. The third kappa shape index (κ3) is 8.16. The summed E-state index contributed by atoms with van der Waals surface area (Å²) in [5.74, 6) is 2.40. The number of aliphatic imine (C=N–C) groups is 1. The molecule has 2 aromatic carbocycles. The van der Waals surface area contributed by atoms with Crippen LogP contribution in [0.2, 0.25) is 0 Å². The van der Waals surface area contributed by atoms with Crippen LogP contribution in [0.5, 0.6) is 17.2 Å². The molecule has 2 rings (SSSR count). The van der Waals surface area contributed by atoms with E-state index in [1.54, 1.807) is 28.4 Å². The summed E-state index contributed by atoms with van der Waals surface area (Å²) in [6.45, 7) is 2.75. The van der Waals surface area contributed by atoms with Crippen molar-refractivity contribution in [2.75, 3.05) is 40.2 Å². The second kappa shape index (κ2) is 13.6. The SMILES string of the molecule is CN=C(NCCc1ccc(NC(C)=O)cc1)NCc1cc(OC)c(OC)c(OC)c1.I. The highest BCUT2D eigenvalue weighted by Gasteiger charge is 2.13. The summed E-state index contributed by atoms with van der Waals surface area (Å²) >= 11 is 0. The number of ether oxygens (including phenoxy) is 3. The Bertz CT molecular complexity index is 847. The van der Waals surface area contributed by atoms with Gasteiger partial charge in [-0.2, -0.15) is 0 Å². The Hall–Kier alpha value is -2.69. The molecule has 1 amide bonds. The van der Waals surface area contributed by atoms with Crippen LogP contribution >= 0.6 is 24.0 Å².